The summed E-state index contributed by atoms with van der Waals surface area (Å²) >= 11 is 0. The summed E-state index contributed by atoms with van der Waals surface area (Å²) in [4.78, 5) is 42.1. The molecule has 0 atom stereocenters. The van der Waals surface area contributed by atoms with E-state index in [0.717, 1.165) is 5.56 Å². The second-order valence-electron chi connectivity index (χ2n) is 6.63. The van der Waals surface area contributed by atoms with Gasteiger partial charge in [0.1, 0.15) is 5.56 Å². The number of aromatic nitrogens is 1. The predicted molar refractivity (Wildman–Crippen MR) is 114 cm³/mol. The van der Waals surface area contributed by atoms with Gasteiger partial charge in [-0.05, 0) is 29.8 Å². The maximum Gasteiger partial charge on any atom is 0.257 e. The molecule has 0 aliphatic rings. The summed E-state index contributed by atoms with van der Waals surface area (Å²) in [6.45, 7) is 4.02. The standard InChI is InChI=1S/C23H20N4O3/c1-2-11-27(15-17-9-7-16(12-24)8-10-17)21(28)14-26-23(30)19-13-25-20-6-4-3-5-18(20)22(19)29/h2-10,13H,1,11,14-15H2,(H,25,29)(H,26,30). The molecule has 0 spiro atoms. The van der Waals surface area contributed by atoms with Crippen LogP contribution in [0.2, 0.25) is 0 Å². The lowest BCUT2D eigenvalue weighted by Gasteiger charge is -2.21. The van der Waals surface area contributed by atoms with Crippen LogP contribution in [-0.4, -0.2) is 34.8 Å². The van der Waals surface area contributed by atoms with Crippen LogP contribution < -0.4 is 10.7 Å². The van der Waals surface area contributed by atoms with E-state index in [1.165, 1.54) is 11.1 Å². The van der Waals surface area contributed by atoms with Gasteiger partial charge in [-0.1, -0.05) is 30.3 Å². The zero-order chi connectivity index (χ0) is 21.5. The molecule has 3 aromatic rings. The molecule has 3 rings (SSSR count). The van der Waals surface area contributed by atoms with Gasteiger partial charge in [0, 0.05) is 30.2 Å². The highest BCUT2D eigenvalue weighted by atomic mass is 16.2. The molecule has 0 unspecified atom stereocenters. The number of nitriles is 1. The van der Waals surface area contributed by atoms with Gasteiger partial charge in [-0.3, -0.25) is 14.4 Å². The van der Waals surface area contributed by atoms with Gasteiger partial charge in [0.05, 0.1) is 18.2 Å². The number of carbonyl (C=O) groups is 2. The Labute approximate surface area is 173 Å². The number of nitrogens with one attached hydrogen (secondary N) is 2. The number of amides is 2. The molecule has 0 bridgehead atoms. The number of benzene rings is 2. The summed E-state index contributed by atoms with van der Waals surface area (Å²) in [5.41, 5.74) is 1.57. The Bertz CT molecular complexity index is 1190. The maximum absolute atomic E-state index is 12.6. The van der Waals surface area contributed by atoms with Gasteiger partial charge < -0.3 is 15.2 Å². The van der Waals surface area contributed by atoms with Crippen molar-refractivity contribution in [3.05, 3.63) is 94.3 Å². The van der Waals surface area contributed by atoms with Crippen LogP contribution in [0.5, 0.6) is 0 Å². The van der Waals surface area contributed by atoms with Crippen molar-refractivity contribution in [2.45, 2.75) is 6.54 Å². The third-order valence-corrected chi connectivity index (χ3v) is 4.59. The number of H-pyrrole nitrogens is 1. The molecule has 7 heteroatoms. The van der Waals surface area contributed by atoms with Crippen molar-refractivity contribution in [2.24, 2.45) is 0 Å². The van der Waals surface area contributed by atoms with E-state index >= 15 is 0 Å². The fraction of sp³-hybridized carbons (Fsp3) is 0.130. The van der Waals surface area contributed by atoms with E-state index in [4.69, 9.17) is 5.26 Å². The van der Waals surface area contributed by atoms with Crippen molar-refractivity contribution in [3.8, 4) is 6.07 Å². The first kappa shape index (κ1) is 20.6. The predicted octanol–water partition coefficient (Wildman–Crippen LogP) is 2.34. The molecule has 0 aliphatic heterocycles. The highest BCUT2D eigenvalue weighted by Gasteiger charge is 2.17. The van der Waals surface area contributed by atoms with Gasteiger partial charge in [0.25, 0.3) is 5.91 Å². The maximum atomic E-state index is 12.6. The molecular weight excluding hydrogens is 380 g/mol. The first-order valence-corrected chi connectivity index (χ1v) is 9.30. The van der Waals surface area contributed by atoms with Crippen molar-refractivity contribution >= 4 is 22.7 Å². The molecule has 2 aromatic carbocycles. The molecule has 1 aromatic heterocycles. The molecule has 0 radical (unpaired) electrons. The number of aromatic amines is 1. The number of pyridine rings is 1. The minimum absolute atomic E-state index is 0.0520. The second kappa shape index (κ2) is 9.34. The molecule has 2 N–H and O–H groups in total. The lowest BCUT2D eigenvalue weighted by atomic mass is 10.1. The van der Waals surface area contributed by atoms with Crippen LogP contribution >= 0.6 is 0 Å². The van der Waals surface area contributed by atoms with Gasteiger partial charge in [-0.2, -0.15) is 5.26 Å². The zero-order valence-electron chi connectivity index (χ0n) is 16.2. The average molecular weight is 400 g/mol. The largest absolute Gasteiger partial charge is 0.360 e. The topological polar surface area (TPSA) is 106 Å². The average Bonchev–Trinajstić information content (AvgIpc) is 2.78. The molecule has 0 saturated heterocycles. The summed E-state index contributed by atoms with van der Waals surface area (Å²) in [6.07, 6.45) is 2.94. The minimum atomic E-state index is -0.618. The van der Waals surface area contributed by atoms with E-state index in [1.807, 2.05) is 6.07 Å². The number of para-hydroxylation sites is 1. The highest BCUT2D eigenvalue weighted by Crippen LogP contribution is 2.09. The van der Waals surface area contributed by atoms with Crippen molar-refractivity contribution in [1.82, 2.24) is 15.2 Å². The minimum Gasteiger partial charge on any atom is -0.360 e. The Morgan fingerprint density at radius 1 is 1.17 bits per heavy atom. The first-order valence-electron chi connectivity index (χ1n) is 9.30. The Kier molecular flexibility index (Phi) is 6.40. The lowest BCUT2D eigenvalue weighted by Crippen LogP contribution is -2.41. The molecule has 30 heavy (non-hydrogen) atoms. The SMILES string of the molecule is C=CCN(Cc1ccc(C#N)cc1)C(=O)CNC(=O)c1c[nH]c2ccccc2c1=O. The smallest absolute Gasteiger partial charge is 0.257 e. The molecule has 7 nitrogen and oxygen atoms in total. The summed E-state index contributed by atoms with van der Waals surface area (Å²) < 4.78 is 0. The van der Waals surface area contributed by atoms with Crippen LogP contribution in [0, 0.1) is 11.3 Å². The van der Waals surface area contributed by atoms with E-state index in [9.17, 15) is 14.4 Å². The van der Waals surface area contributed by atoms with Crippen molar-refractivity contribution < 1.29 is 9.59 Å². The van der Waals surface area contributed by atoms with E-state index in [2.05, 4.69) is 16.9 Å². The number of hydrogen-bond donors (Lipinski definition) is 2. The molecule has 2 amide bonds. The molecule has 1 heterocycles. The normalized spacial score (nSPS) is 10.2. The number of fused-ring (bicyclic) bond motifs is 1. The zero-order valence-corrected chi connectivity index (χ0v) is 16.2. The monoisotopic (exact) mass is 400 g/mol. The van der Waals surface area contributed by atoms with Crippen LogP contribution in [-0.2, 0) is 11.3 Å². The number of rotatable bonds is 7. The van der Waals surface area contributed by atoms with Gasteiger partial charge in [-0.15, -0.1) is 6.58 Å². The first-order chi connectivity index (χ1) is 14.5. The molecular formula is C23H20N4O3. The van der Waals surface area contributed by atoms with E-state index in [0.29, 0.717) is 29.6 Å². The highest BCUT2D eigenvalue weighted by molar-refractivity contribution is 5.98. The van der Waals surface area contributed by atoms with Crippen molar-refractivity contribution in [2.75, 3.05) is 13.1 Å². The van der Waals surface area contributed by atoms with E-state index < -0.39 is 11.3 Å². The van der Waals surface area contributed by atoms with Gasteiger partial charge in [0.2, 0.25) is 11.3 Å². The van der Waals surface area contributed by atoms with E-state index in [1.54, 1.807) is 54.6 Å². The van der Waals surface area contributed by atoms with Crippen molar-refractivity contribution in [3.63, 3.8) is 0 Å². The Morgan fingerprint density at radius 2 is 1.90 bits per heavy atom. The Morgan fingerprint density at radius 3 is 2.60 bits per heavy atom. The van der Waals surface area contributed by atoms with Gasteiger partial charge >= 0.3 is 0 Å². The molecule has 0 fully saturated rings. The second-order valence-corrected chi connectivity index (χ2v) is 6.63. The van der Waals surface area contributed by atoms with E-state index in [-0.39, 0.29) is 18.0 Å². The Hall–Kier alpha value is -4.18. The van der Waals surface area contributed by atoms with Crippen LogP contribution in [0.15, 0.2) is 72.2 Å². The fourth-order valence-corrected chi connectivity index (χ4v) is 3.01. The number of nitrogens with zero attached hydrogens (tertiary/aromatic N) is 2. The quantitative estimate of drug-likeness (QED) is 0.594. The summed E-state index contributed by atoms with van der Waals surface area (Å²) in [5, 5.41) is 11.8. The lowest BCUT2D eigenvalue weighted by molar-refractivity contribution is -0.130. The van der Waals surface area contributed by atoms with Gasteiger partial charge in [0.15, 0.2) is 0 Å². The summed E-state index contributed by atoms with van der Waals surface area (Å²) in [5.74, 6) is -0.933. The van der Waals surface area contributed by atoms with Crippen molar-refractivity contribution in [1.29, 1.82) is 5.26 Å². The fourth-order valence-electron chi connectivity index (χ4n) is 3.01. The van der Waals surface area contributed by atoms with Gasteiger partial charge in [-0.25, -0.2) is 0 Å². The van der Waals surface area contributed by atoms with Crippen LogP contribution in [0.3, 0.4) is 0 Å². The molecule has 150 valence electrons. The Balaban J connectivity index is 1.68. The molecule has 0 aliphatic carbocycles. The molecule has 0 saturated carbocycles. The summed E-state index contributed by atoms with van der Waals surface area (Å²) in [7, 11) is 0. The van der Waals surface area contributed by atoms with Crippen LogP contribution in [0.25, 0.3) is 10.9 Å². The van der Waals surface area contributed by atoms with Crippen LogP contribution in [0.1, 0.15) is 21.5 Å². The summed E-state index contributed by atoms with van der Waals surface area (Å²) in [6, 6.07) is 15.9. The van der Waals surface area contributed by atoms with Crippen LogP contribution in [0.4, 0.5) is 0 Å². The third-order valence-electron chi connectivity index (χ3n) is 4.59. The number of hydrogen-bond acceptors (Lipinski definition) is 4. The third kappa shape index (κ3) is 4.62. The number of carbonyl (C=O) groups excluding carboxylic acids is 2.